The number of amides is 1. The third-order valence-corrected chi connectivity index (χ3v) is 4.91. The van der Waals surface area contributed by atoms with Crippen molar-refractivity contribution < 1.29 is 9.18 Å². The smallest absolute Gasteiger partial charge is 0.335 e. The number of hydrogen-bond acceptors (Lipinski definition) is 4. The van der Waals surface area contributed by atoms with Gasteiger partial charge in [0.15, 0.2) is 0 Å². The zero-order valence-corrected chi connectivity index (χ0v) is 14.2. The summed E-state index contributed by atoms with van der Waals surface area (Å²) >= 11 is 5.77. The lowest BCUT2D eigenvalue weighted by atomic mass is 10.0. The van der Waals surface area contributed by atoms with Crippen LogP contribution in [-0.2, 0) is 17.8 Å². The van der Waals surface area contributed by atoms with E-state index >= 15 is 0 Å². The summed E-state index contributed by atoms with van der Waals surface area (Å²) in [5.74, 6) is 0.415. The molecule has 4 rings (SSSR count). The molecule has 7 nitrogen and oxygen atoms in total. The van der Waals surface area contributed by atoms with E-state index in [1.54, 1.807) is 18.3 Å². The summed E-state index contributed by atoms with van der Waals surface area (Å²) < 4.78 is 15.9. The second-order valence-electron chi connectivity index (χ2n) is 6.46. The van der Waals surface area contributed by atoms with Crippen LogP contribution in [0.1, 0.15) is 30.3 Å². The third kappa shape index (κ3) is 2.95. The minimum absolute atomic E-state index is 0.115. The van der Waals surface area contributed by atoms with Crippen LogP contribution in [0.5, 0.6) is 0 Å². The molecular formula is C16H17ClFN5O2. The van der Waals surface area contributed by atoms with Crippen LogP contribution < -0.4 is 5.69 Å². The van der Waals surface area contributed by atoms with Gasteiger partial charge in [0.25, 0.3) is 0 Å². The number of halogens is 2. The number of aryl methyl sites for hydroxylation is 1. The molecule has 4 heterocycles. The molecule has 0 radical (unpaired) electrons. The lowest BCUT2D eigenvalue weighted by Crippen LogP contribution is -2.54. The number of aromatic nitrogens is 4. The van der Waals surface area contributed by atoms with Crippen molar-refractivity contribution in [3.63, 3.8) is 0 Å². The molecule has 0 bridgehead atoms. The fraction of sp³-hybridized carbons (Fsp3) is 0.500. The van der Waals surface area contributed by atoms with Crippen molar-refractivity contribution in [2.75, 3.05) is 13.1 Å². The average molecular weight is 366 g/mol. The SMILES string of the molecule is O=C([C@@H]1CCCc2nn(Cc3ccc(Cl)nc3)c(=O)n21)N1CC(F)C1. The number of carbonyl (C=O) groups excluding carboxylic acids is 1. The van der Waals surface area contributed by atoms with Crippen LogP contribution in [0.4, 0.5) is 4.39 Å². The molecular weight excluding hydrogens is 349 g/mol. The summed E-state index contributed by atoms with van der Waals surface area (Å²) in [6, 6.07) is 2.85. The van der Waals surface area contributed by atoms with Gasteiger partial charge in [0.2, 0.25) is 5.91 Å². The van der Waals surface area contributed by atoms with Crippen molar-refractivity contribution in [3.8, 4) is 0 Å². The molecule has 0 aliphatic carbocycles. The third-order valence-electron chi connectivity index (χ3n) is 4.69. The highest BCUT2D eigenvalue weighted by atomic mass is 35.5. The van der Waals surface area contributed by atoms with Gasteiger partial charge in [-0.1, -0.05) is 17.7 Å². The van der Waals surface area contributed by atoms with Crippen LogP contribution in [-0.4, -0.2) is 49.4 Å². The van der Waals surface area contributed by atoms with Crippen LogP contribution >= 0.6 is 11.6 Å². The van der Waals surface area contributed by atoms with Crippen LogP contribution in [0, 0.1) is 0 Å². The summed E-state index contributed by atoms with van der Waals surface area (Å²) in [7, 11) is 0. The molecule has 0 saturated carbocycles. The van der Waals surface area contributed by atoms with Gasteiger partial charge >= 0.3 is 5.69 Å². The summed E-state index contributed by atoms with van der Waals surface area (Å²) in [5.41, 5.74) is 0.480. The Morgan fingerprint density at radius 2 is 2.16 bits per heavy atom. The van der Waals surface area contributed by atoms with Crippen molar-refractivity contribution >= 4 is 17.5 Å². The van der Waals surface area contributed by atoms with E-state index < -0.39 is 12.2 Å². The van der Waals surface area contributed by atoms with Gasteiger partial charge in [0.05, 0.1) is 19.6 Å². The Morgan fingerprint density at radius 3 is 2.84 bits per heavy atom. The Kier molecular flexibility index (Phi) is 4.07. The lowest BCUT2D eigenvalue weighted by Gasteiger charge is -2.37. The van der Waals surface area contributed by atoms with Gasteiger partial charge in [-0.25, -0.2) is 18.9 Å². The zero-order chi connectivity index (χ0) is 17.6. The maximum absolute atomic E-state index is 13.1. The van der Waals surface area contributed by atoms with Crippen molar-refractivity contribution in [3.05, 3.63) is 45.4 Å². The Morgan fingerprint density at radius 1 is 1.36 bits per heavy atom. The number of carbonyl (C=O) groups is 1. The van der Waals surface area contributed by atoms with Gasteiger partial charge in [-0.3, -0.25) is 9.36 Å². The van der Waals surface area contributed by atoms with E-state index in [0.29, 0.717) is 23.8 Å². The first-order valence-corrected chi connectivity index (χ1v) is 8.62. The highest BCUT2D eigenvalue weighted by Gasteiger charge is 2.38. The van der Waals surface area contributed by atoms with Crippen LogP contribution in [0.3, 0.4) is 0 Å². The molecule has 2 aliphatic rings. The summed E-state index contributed by atoms with van der Waals surface area (Å²) in [6.07, 6.45) is 2.65. The van der Waals surface area contributed by atoms with Gasteiger partial charge in [-0.15, -0.1) is 0 Å². The van der Waals surface area contributed by atoms with Gasteiger partial charge in [0.1, 0.15) is 23.2 Å². The van der Waals surface area contributed by atoms with Gasteiger partial charge in [-0.05, 0) is 24.5 Å². The van der Waals surface area contributed by atoms with Crippen LogP contribution in [0.25, 0.3) is 0 Å². The molecule has 1 saturated heterocycles. The number of alkyl halides is 1. The van der Waals surface area contributed by atoms with E-state index in [0.717, 1.165) is 12.0 Å². The maximum Gasteiger partial charge on any atom is 0.346 e. The number of hydrogen-bond donors (Lipinski definition) is 0. The molecule has 0 N–H and O–H groups in total. The molecule has 0 spiro atoms. The van der Waals surface area contributed by atoms with E-state index in [2.05, 4.69) is 10.1 Å². The normalized spacial score (nSPS) is 20.2. The van der Waals surface area contributed by atoms with Crippen LogP contribution in [0.2, 0.25) is 5.15 Å². The maximum atomic E-state index is 13.1. The highest BCUT2D eigenvalue weighted by Crippen LogP contribution is 2.26. The first-order chi connectivity index (χ1) is 12.0. The minimum atomic E-state index is -0.955. The van der Waals surface area contributed by atoms with Gasteiger partial charge in [0, 0.05) is 12.6 Å². The van der Waals surface area contributed by atoms with Crippen molar-refractivity contribution in [1.82, 2.24) is 24.2 Å². The molecule has 25 heavy (non-hydrogen) atoms. The largest absolute Gasteiger partial charge is 0.346 e. The van der Waals surface area contributed by atoms with E-state index in [-0.39, 0.29) is 31.2 Å². The monoisotopic (exact) mass is 365 g/mol. The molecule has 1 fully saturated rings. The fourth-order valence-corrected chi connectivity index (χ4v) is 3.47. The second-order valence-corrected chi connectivity index (χ2v) is 6.85. The molecule has 2 aromatic heterocycles. The molecule has 132 valence electrons. The number of rotatable bonds is 3. The Balaban J connectivity index is 1.61. The summed E-state index contributed by atoms with van der Waals surface area (Å²) in [5, 5.41) is 4.76. The number of fused-ring (bicyclic) bond motifs is 1. The topological polar surface area (TPSA) is 73.0 Å². The summed E-state index contributed by atoms with van der Waals surface area (Å²) in [4.78, 5) is 30.8. The van der Waals surface area contributed by atoms with Crippen molar-refractivity contribution in [1.29, 1.82) is 0 Å². The molecule has 1 amide bonds. The molecule has 9 heteroatoms. The standard InChI is InChI=1S/C16H17ClFN5O2/c17-13-5-4-10(6-19-13)7-22-16(25)23-12(2-1-3-14(23)20-22)15(24)21-8-11(18)9-21/h4-6,11-12H,1-3,7-9H2/t12-/m0/s1. The number of nitrogens with zero attached hydrogens (tertiary/aromatic N) is 5. The molecule has 0 aromatic carbocycles. The predicted octanol–water partition coefficient (Wildman–Crippen LogP) is 1.20. The van der Waals surface area contributed by atoms with Gasteiger partial charge < -0.3 is 4.90 Å². The van der Waals surface area contributed by atoms with E-state index in [1.807, 2.05) is 0 Å². The Labute approximate surface area is 148 Å². The van der Waals surface area contributed by atoms with Crippen molar-refractivity contribution in [2.45, 2.75) is 38.0 Å². The average Bonchev–Trinajstić information content (AvgIpc) is 2.89. The molecule has 2 aliphatic heterocycles. The Hall–Kier alpha value is -2.22. The Bertz CT molecular complexity index is 856. The number of pyridine rings is 1. The fourth-order valence-electron chi connectivity index (χ4n) is 3.36. The second kappa shape index (κ2) is 6.25. The minimum Gasteiger partial charge on any atom is -0.335 e. The summed E-state index contributed by atoms with van der Waals surface area (Å²) in [6.45, 7) is 0.494. The number of likely N-dealkylation sites (tertiary alicyclic amines) is 1. The molecule has 0 unspecified atom stereocenters. The van der Waals surface area contributed by atoms with E-state index in [9.17, 15) is 14.0 Å². The van der Waals surface area contributed by atoms with Crippen LogP contribution in [0.15, 0.2) is 23.1 Å². The van der Waals surface area contributed by atoms with E-state index in [1.165, 1.54) is 14.1 Å². The van der Waals surface area contributed by atoms with Gasteiger partial charge in [-0.2, -0.15) is 5.10 Å². The quantitative estimate of drug-likeness (QED) is 0.766. The molecule has 1 atom stereocenters. The first kappa shape index (κ1) is 16.3. The zero-order valence-electron chi connectivity index (χ0n) is 13.4. The first-order valence-electron chi connectivity index (χ1n) is 8.24. The highest BCUT2D eigenvalue weighted by molar-refractivity contribution is 6.29. The lowest BCUT2D eigenvalue weighted by molar-refractivity contribution is -0.142. The predicted molar refractivity (Wildman–Crippen MR) is 88.3 cm³/mol. The van der Waals surface area contributed by atoms with E-state index in [4.69, 9.17) is 11.6 Å². The molecule has 2 aromatic rings. The van der Waals surface area contributed by atoms with Crippen molar-refractivity contribution in [2.24, 2.45) is 0 Å².